The molecule has 0 spiro atoms. The second-order valence-electron chi connectivity index (χ2n) is 6.86. The summed E-state index contributed by atoms with van der Waals surface area (Å²) in [6.07, 6.45) is 0. The molecule has 0 aromatic rings. The molecule has 0 saturated carbocycles. The normalized spacial score (nSPS) is 23.4. The molecule has 3 nitrogen and oxygen atoms in total. The summed E-state index contributed by atoms with van der Waals surface area (Å²) in [7, 11) is -4.42. The number of hydrogen-bond donors (Lipinski definition) is 0. The van der Waals surface area contributed by atoms with Crippen LogP contribution in [0.25, 0.3) is 0 Å². The molecule has 0 radical (unpaired) electrons. The highest BCUT2D eigenvalue weighted by Gasteiger charge is 2.57. The van der Waals surface area contributed by atoms with E-state index in [1.54, 1.807) is 0 Å². The molecule has 114 valence electrons. The van der Waals surface area contributed by atoms with Gasteiger partial charge in [-0.2, -0.15) is 0 Å². The van der Waals surface area contributed by atoms with Crippen molar-refractivity contribution in [2.75, 3.05) is 13.2 Å². The minimum Gasteiger partial charge on any atom is -0.414 e. The Kier molecular flexibility index (Phi) is 5.84. The summed E-state index contributed by atoms with van der Waals surface area (Å²) in [4.78, 5) is 0. The van der Waals surface area contributed by atoms with Crippen molar-refractivity contribution in [1.29, 1.82) is 0 Å². The molecule has 5 heteroatoms. The van der Waals surface area contributed by atoms with Crippen molar-refractivity contribution in [3.05, 3.63) is 0 Å². The lowest BCUT2D eigenvalue weighted by molar-refractivity contribution is 0.207. The highest BCUT2D eigenvalue weighted by molar-refractivity contribution is 6.84. The van der Waals surface area contributed by atoms with Crippen molar-refractivity contribution >= 4 is 17.1 Å². The molecule has 1 saturated heterocycles. The van der Waals surface area contributed by atoms with Gasteiger partial charge in [-0.05, 0) is 22.2 Å². The van der Waals surface area contributed by atoms with Gasteiger partial charge < -0.3 is 13.0 Å². The third-order valence-electron chi connectivity index (χ3n) is 4.28. The van der Waals surface area contributed by atoms with Gasteiger partial charge in [0.25, 0.3) is 0 Å². The van der Waals surface area contributed by atoms with Gasteiger partial charge in [0.15, 0.2) is 0 Å². The third kappa shape index (κ3) is 3.15. The first kappa shape index (κ1) is 17.4. The Hall–Kier alpha value is 0.314. The van der Waals surface area contributed by atoms with Gasteiger partial charge in [-0.25, -0.2) is 0 Å². The van der Waals surface area contributed by atoms with Gasteiger partial charge in [-0.15, -0.1) is 0 Å². The first-order chi connectivity index (χ1) is 8.69. The van der Waals surface area contributed by atoms with Gasteiger partial charge in [0.1, 0.15) is 0 Å². The summed E-state index contributed by atoms with van der Waals surface area (Å²) < 4.78 is 19.5. The third-order valence-corrected chi connectivity index (χ3v) is 14.6. The average Bonchev–Trinajstić information content (AvgIpc) is 2.49. The van der Waals surface area contributed by atoms with E-state index in [9.17, 15) is 0 Å². The van der Waals surface area contributed by atoms with Crippen LogP contribution in [-0.2, 0) is 13.0 Å². The predicted molar refractivity (Wildman–Crippen MR) is 84.9 cm³/mol. The SMILES string of the molecule is CC(C)[Si]1(C(C)C)OCCO[Si](C(C)C)(C(C)C)O1. The molecule has 1 aliphatic rings. The van der Waals surface area contributed by atoms with E-state index in [2.05, 4.69) is 55.4 Å². The van der Waals surface area contributed by atoms with E-state index < -0.39 is 17.1 Å². The van der Waals surface area contributed by atoms with Crippen LogP contribution in [0.5, 0.6) is 0 Å². The summed E-state index contributed by atoms with van der Waals surface area (Å²) in [5.41, 5.74) is 1.83. The van der Waals surface area contributed by atoms with Crippen LogP contribution in [0.15, 0.2) is 0 Å². The van der Waals surface area contributed by atoms with Crippen molar-refractivity contribution in [3.8, 4) is 0 Å². The predicted octanol–water partition coefficient (Wildman–Crippen LogP) is 4.57. The van der Waals surface area contributed by atoms with Crippen LogP contribution in [0, 0.1) is 0 Å². The topological polar surface area (TPSA) is 27.7 Å². The summed E-state index contributed by atoms with van der Waals surface area (Å²) in [5.74, 6) is 0. The van der Waals surface area contributed by atoms with E-state index >= 15 is 0 Å². The lowest BCUT2D eigenvalue weighted by atomic mass is 10.5. The van der Waals surface area contributed by atoms with Crippen LogP contribution in [0.3, 0.4) is 0 Å². The Morgan fingerprint density at radius 2 is 0.842 bits per heavy atom. The molecule has 1 fully saturated rings. The minimum atomic E-state index is -2.21. The molecule has 0 N–H and O–H groups in total. The van der Waals surface area contributed by atoms with Gasteiger partial charge in [0.2, 0.25) is 0 Å². The fourth-order valence-corrected chi connectivity index (χ4v) is 14.2. The second kappa shape index (κ2) is 6.39. The highest BCUT2D eigenvalue weighted by atomic mass is 28.5. The Bertz CT molecular complexity index is 246. The van der Waals surface area contributed by atoms with Crippen LogP contribution in [-0.4, -0.2) is 30.3 Å². The zero-order valence-electron chi connectivity index (χ0n) is 13.9. The summed E-state index contributed by atoms with van der Waals surface area (Å²) >= 11 is 0. The summed E-state index contributed by atoms with van der Waals surface area (Å²) in [5, 5.41) is 0. The fraction of sp³-hybridized carbons (Fsp3) is 1.00. The van der Waals surface area contributed by atoms with E-state index in [-0.39, 0.29) is 0 Å². The fourth-order valence-electron chi connectivity index (χ4n) is 3.18. The molecule has 0 bridgehead atoms. The molecule has 0 amide bonds. The van der Waals surface area contributed by atoms with Crippen LogP contribution in [0.2, 0.25) is 22.2 Å². The monoisotopic (exact) mass is 304 g/mol. The van der Waals surface area contributed by atoms with Crippen LogP contribution in [0.1, 0.15) is 55.4 Å². The van der Waals surface area contributed by atoms with E-state index in [1.807, 2.05) is 0 Å². The largest absolute Gasteiger partial charge is 0.414 e. The maximum Gasteiger partial charge on any atom is 0.334 e. The van der Waals surface area contributed by atoms with Crippen molar-refractivity contribution < 1.29 is 13.0 Å². The van der Waals surface area contributed by atoms with Crippen LogP contribution >= 0.6 is 0 Å². The standard InChI is InChI=1S/C14H32O3Si2/c1-11(2)18(12(3)4)15-9-10-16-19(17-18,13(5)6)14(7)8/h11-14H,9-10H2,1-8H3. The van der Waals surface area contributed by atoms with Crippen molar-refractivity contribution in [2.24, 2.45) is 0 Å². The lowest BCUT2D eigenvalue weighted by Crippen LogP contribution is -2.59. The Morgan fingerprint density at radius 3 is 1.05 bits per heavy atom. The first-order valence-electron chi connectivity index (χ1n) is 7.67. The summed E-state index contributed by atoms with van der Waals surface area (Å²) in [6.45, 7) is 19.4. The second-order valence-corrected chi connectivity index (χ2v) is 15.8. The van der Waals surface area contributed by atoms with E-state index in [1.165, 1.54) is 0 Å². The van der Waals surface area contributed by atoms with Gasteiger partial charge >= 0.3 is 17.1 Å². The van der Waals surface area contributed by atoms with E-state index in [0.717, 1.165) is 0 Å². The van der Waals surface area contributed by atoms with Gasteiger partial charge in [0.05, 0.1) is 13.2 Å². The van der Waals surface area contributed by atoms with Crippen molar-refractivity contribution in [1.82, 2.24) is 0 Å². The highest BCUT2D eigenvalue weighted by Crippen LogP contribution is 2.45. The van der Waals surface area contributed by atoms with Crippen LogP contribution < -0.4 is 0 Å². The summed E-state index contributed by atoms with van der Waals surface area (Å²) in [6, 6.07) is 0. The van der Waals surface area contributed by atoms with E-state index in [4.69, 9.17) is 13.0 Å². The maximum absolute atomic E-state index is 6.87. The van der Waals surface area contributed by atoms with Gasteiger partial charge in [-0.1, -0.05) is 55.4 Å². The minimum absolute atomic E-state index is 0.457. The smallest absolute Gasteiger partial charge is 0.334 e. The molecule has 0 aromatic heterocycles. The molecule has 0 atom stereocenters. The molecule has 19 heavy (non-hydrogen) atoms. The zero-order chi connectivity index (χ0) is 14.8. The van der Waals surface area contributed by atoms with Gasteiger partial charge in [0, 0.05) is 0 Å². The molecule has 0 aromatic carbocycles. The lowest BCUT2D eigenvalue weighted by Gasteiger charge is -2.45. The Morgan fingerprint density at radius 1 is 0.579 bits per heavy atom. The Balaban J connectivity index is 3.22. The number of rotatable bonds is 4. The first-order valence-corrected chi connectivity index (χ1v) is 11.6. The molecule has 0 unspecified atom stereocenters. The van der Waals surface area contributed by atoms with Crippen molar-refractivity contribution in [3.63, 3.8) is 0 Å². The molecular formula is C14H32O3Si2. The zero-order valence-corrected chi connectivity index (χ0v) is 15.9. The van der Waals surface area contributed by atoms with E-state index in [0.29, 0.717) is 35.4 Å². The molecule has 1 heterocycles. The Labute approximate surface area is 121 Å². The molecule has 1 rings (SSSR count). The van der Waals surface area contributed by atoms with Crippen molar-refractivity contribution in [2.45, 2.75) is 77.6 Å². The quantitative estimate of drug-likeness (QED) is 0.712. The number of hydrogen-bond acceptors (Lipinski definition) is 3. The van der Waals surface area contributed by atoms with Crippen LogP contribution in [0.4, 0.5) is 0 Å². The molecule has 1 aliphatic heterocycles. The van der Waals surface area contributed by atoms with Gasteiger partial charge in [-0.3, -0.25) is 0 Å². The molecular weight excluding hydrogens is 272 g/mol. The average molecular weight is 305 g/mol. The molecule has 0 aliphatic carbocycles. The maximum atomic E-state index is 6.87.